The molecule has 120 valence electrons. The Bertz CT molecular complexity index is 804. The van der Waals surface area contributed by atoms with Gasteiger partial charge in [0.25, 0.3) is 0 Å². The third-order valence-electron chi connectivity index (χ3n) is 3.81. The maximum absolute atomic E-state index is 9.30. The van der Waals surface area contributed by atoms with Gasteiger partial charge in [0.15, 0.2) is 0 Å². The van der Waals surface area contributed by atoms with E-state index in [-0.39, 0.29) is 12.7 Å². The summed E-state index contributed by atoms with van der Waals surface area (Å²) in [6, 6.07) is 11.9. The number of rotatable bonds is 5. The van der Waals surface area contributed by atoms with Crippen molar-refractivity contribution in [3.05, 3.63) is 53.9 Å². The molecule has 2 heterocycles. The molecule has 0 aliphatic carbocycles. The van der Waals surface area contributed by atoms with Crippen LogP contribution in [0.25, 0.3) is 16.9 Å². The van der Waals surface area contributed by atoms with Crippen LogP contribution in [0.2, 0.25) is 0 Å². The zero-order chi connectivity index (χ0) is 16.4. The van der Waals surface area contributed by atoms with Gasteiger partial charge in [0.05, 0.1) is 24.1 Å². The molecule has 2 aromatic heterocycles. The Labute approximate surface area is 136 Å². The zero-order valence-corrected chi connectivity index (χ0v) is 13.8. The number of hydrogen-bond donors (Lipinski definition) is 1. The lowest BCUT2D eigenvalue weighted by Crippen LogP contribution is -2.05. The van der Waals surface area contributed by atoms with Crippen LogP contribution in [0.3, 0.4) is 0 Å². The van der Waals surface area contributed by atoms with E-state index < -0.39 is 0 Å². The van der Waals surface area contributed by atoms with Gasteiger partial charge in [0.1, 0.15) is 11.4 Å². The first-order valence-electron chi connectivity index (χ1n) is 8.00. The number of pyridine rings is 1. The van der Waals surface area contributed by atoms with Crippen LogP contribution < -0.4 is 4.74 Å². The molecular formula is C19H22N2O2. The van der Waals surface area contributed by atoms with Crippen molar-refractivity contribution in [1.29, 1.82) is 0 Å². The van der Waals surface area contributed by atoms with Crippen molar-refractivity contribution in [3.63, 3.8) is 0 Å². The number of aromatic nitrogens is 2. The number of aryl methyl sites for hydroxylation is 1. The van der Waals surface area contributed by atoms with Gasteiger partial charge in [0, 0.05) is 11.8 Å². The zero-order valence-electron chi connectivity index (χ0n) is 13.8. The van der Waals surface area contributed by atoms with Gasteiger partial charge < -0.3 is 14.2 Å². The van der Waals surface area contributed by atoms with Crippen molar-refractivity contribution in [3.8, 4) is 17.0 Å². The Kier molecular flexibility index (Phi) is 4.35. The fourth-order valence-electron chi connectivity index (χ4n) is 2.77. The van der Waals surface area contributed by atoms with E-state index in [0.29, 0.717) is 0 Å². The minimum atomic E-state index is 0.0292. The highest BCUT2D eigenvalue weighted by Crippen LogP contribution is 2.27. The molecule has 3 rings (SSSR count). The highest BCUT2D eigenvalue weighted by Gasteiger charge is 2.13. The van der Waals surface area contributed by atoms with Crippen LogP contribution in [0.5, 0.6) is 5.75 Å². The van der Waals surface area contributed by atoms with Gasteiger partial charge in [-0.05, 0) is 62.2 Å². The number of nitrogens with zero attached hydrogens (tertiary/aromatic N) is 2. The van der Waals surface area contributed by atoms with Gasteiger partial charge in [-0.25, -0.2) is 4.98 Å². The number of ether oxygens (including phenoxy) is 1. The van der Waals surface area contributed by atoms with Crippen LogP contribution in [-0.2, 0) is 13.0 Å². The van der Waals surface area contributed by atoms with Crippen LogP contribution in [0.4, 0.5) is 0 Å². The summed E-state index contributed by atoms with van der Waals surface area (Å²) in [6.45, 7) is 6.19. The van der Waals surface area contributed by atoms with Crippen molar-refractivity contribution in [1.82, 2.24) is 9.38 Å². The van der Waals surface area contributed by atoms with Gasteiger partial charge in [-0.3, -0.25) is 0 Å². The number of aliphatic hydroxyl groups is 1. The summed E-state index contributed by atoms with van der Waals surface area (Å²) < 4.78 is 7.79. The molecular weight excluding hydrogens is 288 g/mol. The van der Waals surface area contributed by atoms with E-state index in [0.717, 1.165) is 34.6 Å². The molecule has 4 nitrogen and oxygen atoms in total. The van der Waals surface area contributed by atoms with Crippen molar-refractivity contribution < 1.29 is 9.84 Å². The molecule has 0 saturated carbocycles. The number of aliphatic hydroxyl groups excluding tert-OH is 1. The van der Waals surface area contributed by atoms with E-state index in [9.17, 15) is 5.11 Å². The SMILES string of the molecule is CCc1c(-c2ccc(OC(C)C)cc2)nc2cc(CO)ccn12. The van der Waals surface area contributed by atoms with Crippen molar-refractivity contribution in [2.75, 3.05) is 0 Å². The molecule has 0 radical (unpaired) electrons. The summed E-state index contributed by atoms with van der Waals surface area (Å²) in [5.41, 5.74) is 4.97. The lowest BCUT2D eigenvalue weighted by atomic mass is 10.1. The topological polar surface area (TPSA) is 46.8 Å². The Balaban J connectivity index is 2.04. The molecule has 23 heavy (non-hydrogen) atoms. The van der Waals surface area contributed by atoms with Gasteiger partial charge in [-0.2, -0.15) is 0 Å². The Morgan fingerprint density at radius 2 is 1.91 bits per heavy atom. The average Bonchev–Trinajstić information content (AvgIpc) is 2.92. The molecule has 1 aromatic carbocycles. The summed E-state index contributed by atoms with van der Waals surface area (Å²) in [5.74, 6) is 0.869. The molecule has 0 saturated heterocycles. The minimum Gasteiger partial charge on any atom is -0.491 e. The van der Waals surface area contributed by atoms with Crippen molar-refractivity contribution in [2.45, 2.75) is 39.9 Å². The molecule has 0 unspecified atom stereocenters. The average molecular weight is 310 g/mol. The highest BCUT2D eigenvalue weighted by atomic mass is 16.5. The van der Waals surface area contributed by atoms with Gasteiger partial charge in [0.2, 0.25) is 0 Å². The van der Waals surface area contributed by atoms with Crippen LogP contribution in [0.15, 0.2) is 42.6 Å². The van der Waals surface area contributed by atoms with Crippen LogP contribution in [-0.4, -0.2) is 20.6 Å². The predicted molar refractivity (Wildman–Crippen MR) is 91.7 cm³/mol. The Hall–Kier alpha value is -2.33. The largest absolute Gasteiger partial charge is 0.491 e. The van der Waals surface area contributed by atoms with Gasteiger partial charge in [-0.1, -0.05) is 6.92 Å². The normalized spacial score (nSPS) is 11.3. The first-order chi connectivity index (χ1) is 11.1. The molecule has 0 atom stereocenters. The lowest BCUT2D eigenvalue weighted by molar-refractivity contribution is 0.242. The first-order valence-corrected chi connectivity index (χ1v) is 8.00. The summed E-state index contributed by atoms with van der Waals surface area (Å²) in [6.07, 6.45) is 3.03. The monoisotopic (exact) mass is 310 g/mol. The minimum absolute atomic E-state index is 0.0292. The third kappa shape index (κ3) is 3.08. The fraction of sp³-hybridized carbons (Fsp3) is 0.316. The standard InChI is InChI=1S/C19H22N2O2/c1-4-17-19(15-5-7-16(8-6-15)23-13(2)3)20-18-11-14(12-22)9-10-21(17)18/h5-11,13,22H,4,12H2,1-3H3. The number of fused-ring (bicyclic) bond motifs is 1. The number of hydrogen-bond acceptors (Lipinski definition) is 3. The molecule has 0 fully saturated rings. The maximum atomic E-state index is 9.30. The fourth-order valence-corrected chi connectivity index (χ4v) is 2.77. The van der Waals surface area contributed by atoms with E-state index in [1.54, 1.807) is 0 Å². The molecule has 4 heteroatoms. The van der Waals surface area contributed by atoms with Gasteiger partial charge in [-0.15, -0.1) is 0 Å². The predicted octanol–water partition coefficient (Wildman–Crippen LogP) is 3.84. The summed E-state index contributed by atoms with van der Waals surface area (Å²) in [7, 11) is 0. The van der Waals surface area contributed by atoms with E-state index in [1.807, 2.05) is 56.4 Å². The van der Waals surface area contributed by atoms with E-state index in [1.165, 1.54) is 5.69 Å². The summed E-state index contributed by atoms with van der Waals surface area (Å²) in [4.78, 5) is 4.76. The molecule has 0 spiro atoms. The van der Waals surface area contributed by atoms with Crippen LogP contribution >= 0.6 is 0 Å². The van der Waals surface area contributed by atoms with E-state index in [2.05, 4.69) is 11.3 Å². The second kappa shape index (κ2) is 6.42. The quantitative estimate of drug-likeness (QED) is 0.779. The highest BCUT2D eigenvalue weighted by molar-refractivity contribution is 5.67. The number of benzene rings is 1. The second-order valence-electron chi connectivity index (χ2n) is 5.87. The number of imidazole rings is 1. The van der Waals surface area contributed by atoms with Crippen LogP contribution in [0, 0.1) is 0 Å². The van der Waals surface area contributed by atoms with E-state index >= 15 is 0 Å². The maximum Gasteiger partial charge on any atom is 0.138 e. The van der Waals surface area contributed by atoms with Gasteiger partial charge >= 0.3 is 0 Å². The molecule has 0 aliphatic rings. The second-order valence-corrected chi connectivity index (χ2v) is 5.87. The van der Waals surface area contributed by atoms with E-state index in [4.69, 9.17) is 9.72 Å². The van der Waals surface area contributed by atoms with Crippen molar-refractivity contribution >= 4 is 5.65 Å². The summed E-state index contributed by atoms with van der Waals surface area (Å²) >= 11 is 0. The van der Waals surface area contributed by atoms with Crippen molar-refractivity contribution in [2.24, 2.45) is 0 Å². The Morgan fingerprint density at radius 1 is 1.17 bits per heavy atom. The smallest absolute Gasteiger partial charge is 0.138 e. The lowest BCUT2D eigenvalue weighted by Gasteiger charge is -2.10. The molecule has 0 amide bonds. The Morgan fingerprint density at radius 3 is 2.52 bits per heavy atom. The molecule has 0 aliphatic heterocycles. The van der Waals surface area contributed by atoms with Crippen LogP contribution in [0.1, 0.15) is 32.0 Å². The molecule has 0 bridgehead atoms. The first kappa shape index (κ1) is 15.6. The molecule has 3 aromatic rings. The molecule has 1 N–H and O–H groups in total. The third-order valence-corrected chi connectivity index (χ3v) is 3.81. The summed E-state index contributed by atoms with van der Waals surface area (Å²) in [5, 5.41) is 9.30.